The fourth-order valence-corrected chi connectivity index (χ4v) is 7.61. The number of fused-ring (bicyclic) bond motifs is 10. The third-order valence-electron chi connectivity index (χ3n) is 8.10. The third-order valence-corrected chi connectivity index (χ3v) is 9.95. The zero-order valence-corrected chi connectivity index (χ0v) is 22.3. The Morgan fingerprint density at radius 3 is 2.58 bits per heavy atom. The maximum atomic E-state index is 13.9. The van der Waals surface area contributed by atoms with Crippen molar-refractivity contribution in [3.63, 3.8) is 0 Å². The number of aryl methyl sites for hydroxylation is 1. The van der Waals surface area contributed by atoms with E-state index in [9.17, 15) is 23.1 Å². The highest BCUT2D eigenvalue weighted by Gasteiger charge is 2.44. The molecule has 0 radical (unpaired) electrons. The van der Waals surface area contributed by atoms with Crippen molar-refractivity contribution in [1.29, 1.82) is 0 Å². The monoisotopic (exact) mass is 531 g/mol. The van der Waals surface area contributed by atoms with Crippen LogP contribution in [0, 0.1) is 12.3 Å². The number of aliphatic carboxylic acids is 1. The Morgan fingerprint density at radius 2 is 1.82 bits per heavy atom. The van der Waals surface area contributed by atoms with Gasteiger partial charge in [0.05, 0.1) is 13.0 Å². The largest absolute Gasteiger partial charge is 0.483 e. The lowest BCUT2D eigenvalue weighted by Gasteiger charge is -2.25. The molecule has 6 bridgehead atoms. The minimum atomic E-state index is -3.92. The lowest BCUT2D eigenvalue weighted by Crippen LogP contribution is -2.34. The van der Waals surface area contributed by atoms with Gasteiger partial charge in [-0.05, 0) is 53.3 Å². The number of benzene rings is 3. The predicted molar refractivity (Wildman–Crippen MR) is 141 cm³/mol. The van der Waals surface area contributed by atoms with Crippen LogP contribution in [-0.2, 0) is 27.8 Å². The first kappa shape index (κ1) is 24.8. The van der Waals surface area contributed by atoms with Crippen LogP contribution in [0.4, 0.5) is 0 Å². The van der Waals surface area contributed by atoms with Gasteiger partial charge in [0, 0.05) is 29.0 Å². The molecular weight excluding hydrogens is 502 g/mol. The summed E-state index contributed by atoms with van der Waals surface area (Å²) in [5.41, 5.74) is 4.72. The molecule has 0 spiro atoms. The lowest BCUT2D eigenvalue weighted by atomic mass is 9.83. The summed E-state index contributed by atoms with van der Waals surface area (Å²) in [4.78, 5) is 25.8. The number of carboxylic acids is 1. The number of Topliss-reactive ketones (excluding diaryl/α,β-unsaturated/α-hetero) is 1. The number of para-hydroxylation sites is 1. The number of carboxylic acid groups (broad SMARTS) is 1. The normalized spacial score (nSPS) is 24.3. The minimum absolute atomic E-state index is 0.00865. The maximum absolute atomic E-state index is 13.9. The molecule has 3 aromatic rings. The highest BCUT2D eigenvalue weighted by molar-refractivity contribution is 7.89. The van der Waals surface area contributed by atoms with E-state index < -0.39 is 33.4 Å². The number of carbonyl (C=O) groups is 2. The second kappa shape index (κ2) is 8.51. The van der Waals surface area contributed by atoms with E-state index in [4.69, 9.17) is 4.74 Å². The zero-order chi connectivity index (χ0) is 27.0. The van der Waals surface area contributed by atoms with Crippen LogP contribution < -0.4 is 4.74 Å². The van der Waals surface area contributed by atoms with Crippen molar-refractivity contribution < 1.29 is 27.9 Å². The van der Waals surface area contributed by atoms with Gasteiger partial charge in [-0.3, -0.25) is 9.59 Å². The number of ketones is 1. The van der Waals surface area contributed by atoms with Crippen molar-refractivity contribution in [3.8, 4) is 5.75 Å². The number of carbonyl (C=O) groups excluding carboxylic acids is 1. The van der Waals surface area contributed by atoms with Gasteiger partial charge < -0.3 is 9.84 Å². The molecule has 196 valence electrons. The van der Waals surface area contributed by atoms with Gasteiger partial charge in [-0.25, -0.2) is 8.42 Å². The van der Waals surface area contributed by atoms with Crippen molar-refractivity contribution in [3.05, 3.63) is 93.5 Å². The molecule has 3 aliphatic rings. The molecular formula is C30H29NO6S. The lowest BCUT2D eigenvalue weighted by molar-refractivity contribution is -0.137. The number of ether oxygens (including phenoxy) is 1. The van der Waals surface area contributed by atoms with Gasteiger partial charge in [0.2, 0.25) is 10.0 Å². The Kier molecular flexibility index (Phi) is 5.56. The highest BCUT2D eigenvalue weighted by Crippen LogP contribution is 2.46. The van der Waals surface area contributed by atoms with Crippen LogP contribution in [-0.4, -0.2) is 36.1 Å². The fourth-order valence-electron chi connectivity index (χ4n) is 6.07. The molecule has 1 N–H and O–H groups in total. The summed E-state index contributed by atoms with van der Waals surface area (Å²) < 4.78 is 35.7. The van der Waals surface area contributed by atoms with Crippen LogP contribution >= 0.6 is 0 Å². The van der Waals surface area contributed by atoms with E-state index in [0.717, 1.165) is 27.8 Å². The molecule has 0 aromatic heterocycles. The van der Waals surface area contributed by atoms with E-state index in [1.54, 1.807) is 24.3 Å². The predicted octanol–water partition coefficient (Wildman–Crippen LogP) is 5.00. The molecule has 3 aromatic carbocycles. The highest BCUT2D eigenvalue weighted by atomic mass is 32.2. The second-order valence-electron chi connectivity index (χ2n) is 11.2. The molecule has 38 heavy (non-hydrogen) atoms. The van der Waals surface area contributed by atoms with Crippen LogP contribution in [0.25, 0.3) is 0 Å². The van der Waals surface area contributed by atoms with Crippen molar-refractivity contribution in [2.45, 2.75) is 57.1 Å². The molecule has 0 saturated carbocycles. The van der Waals surface area contributed by atoms with E-state index in [1.807, 2.05) is 51.1 Å². The SMILES string of the molecule is Cc1ccc2cc1CN1C[C@H](Oc3ccccc3S1(=O)=O)c1cc(cc3c1C(=O)C(C)(C)C3)C2CC(=O)O. The summed E-state index contributed by atoms with van der Waals surface area (Å²) >= 11 is 0. The summed E-state index contributed by atoms with van der Waals surface area (Å²) in [6.45, 7) is 5.86. The van der Waals surface area contributed by atoms with E-state index in [1.165, 1.54) is 4.31 Å². The van der Waals surface area contributed by atoms with Crippen molar-refractivity contribution in [1.82, 2.24) is 4.31 Å². The van der Waals surface area contributed by atoms with Gasteiger partial charge in [-0.1, -0.05) is 56.3 Å². The Balaban J connectivity index is 1.68. The number of hydrogen-bond donors (Lipinski definition) is 1. The summed E-state index contributed by atoms with van der Waals surface area (Å²) in [6.07, 6.45) is -0.358. The van der Waals surface area contributed by atoms with Crippen LogP contribution in [0.3, 0.4) is 0 Å². The number of nitrogens with zero attached hydrogens (tertiary/aromatic N) is 1. The molecule has 3 atom stereocenters. The average Bonchev–Trinajstić information content (AvgIpc) is 3.01. The molecule has 1 aliphatic carbocycles. The summed E-state index contributed by atoms with van der Waals surface area (Å²) in [5, 5.41) is 9.84. The maximum Gasteiger partial charge on any atom is 0.304 e. The standard InChI is InChI=1S/C30H29NO6S/c1-17-8-9-18-10-21(17)15-31-16-25(37-24-6-4-5-7-26(24)38(31,35)36)23-12-19(22(18)13-27(32)33)11-20-14-30(2,3)29(34)28(20)23/h4-12,22,25H,13-16H2,1-3H3,(H,32,33)/t22?,25-/m0/s1. The fraction of sp³-hybridized carbons (Fsp3) is 0.333. The van der Waals surface area contributed by atoms with Gasteiger partial charge in [0.15, 0.2) is 5.78 Å². The molecule has 2 heterocycles. The molecule has 2 unspecified atom stereocenters. The molecule has 2 aliphatic heterocycles. The van der Waals surface area contributed by atoms with Gasteiger partial charge >= 0.3 is 5.97 Å². The Bertz CT molecular complexity index is 1620. The van der Waals surface area contributed by atoms with E-state index in [2.05, 4.69) is 0 Å². The number of hydrogen-bond acceptors (Lipinski definition) is 5. The van der Waals surface area contributed by atoms with Crippen LogP contribution in [0.5, 0.6) is 5.75 Å². The smallest absolute Gasteiger partial charge is 0.304 e. The van der Waals surface area contributed by atoms with Gasteiger partial charge in [-0.2, -0.15) is 4.31 Å². The quantitative estimate of drug-likeness (QED) is 0.499. The van der Waals surface area contributed by atoms with Gasteiger partial charge in [-0.15, -0.1) is 0 Å². The van der Waals surface area contributed by atoms with E-state index in [-0.39, 0.29) is 35.9 Å². The minimum Gasteiger partial charge on any atom is -0.483 e. The summed E-state index contributed by atoms with van der Waals surface area (Å²) in [6, 6.07) is 16.2. The van der Waals surface area contributed by atoms with Crippen LogP contribution in [0.1, 0.15) is 76.0 Å². The molecule has 0 saturated heterocycles. The third kappa shape index (κ3) is 3.85. The second-order valence-corrected chi connectivity index (χ2v) is 13.1. The zero-order valence-electron chi connectivity index (χ0n) is 21.5. The Labute approximate surface area is 222 Å². The first-order chi connectivity index (χ1) is 18.0. The Morgan fingerprint density at radius 1 is 1.08 bits per heavy atom. The van der Waals surface area contributed by atoms with Crippen molar-refractivity contribution in [2.75, 3.05) is 6.54 Å². The number of sulfonamides is 1. The van der Waals surface area contributed by atoms with Crippen molar-refractivity contribution in [2.24, 2.45) is 5.41 Å². The first-order valence-electron chi connectivity index (χ1n) is 12.7. The summed E-state index contributed by atoms with van der Waals surface area (Å²) in [7, 11) is -3.92. The number of rotatable bonds is 2. The average molecular weight is 532 g/mol. The first-order valence-corrected chi connectivity index (χ1v) is 14.2. The molecule has 8 heteroatoms. The van der Waals surface area contributed by atoms with Gasteiger partial charge in [0.25, 0.3) is 0 Å². The molecule has 0 fully saturated rings. The van der Waals surface area contributed by atoms with E-state index >= 15 is 0 Å². The van der Waals surface area contributed by atoms with Gasteiger partial charge in [0.1, 0.15) is 16.7 Å². The van der Waals surface area contributed by atoms with Crippen LogP contribution in [0.2, 0.25) is 0 Å². The van der Waals surface area contributed by atoms with E-state index in [0.29, 0.717) is 17.5 Å². The van der Waals surface area contributed by atoms with Crippen molar-refractivity contribution >= 4 is 21.8 Å². The molecule has 7 nitrogen and oxygen atoms in total. The molecule has 0 amide bonds. The Hall–Kier alpha value is -3.49. The molecule has 6 rings (SSSR count). The summed E-state index contributed by atoms with van der Waals surface area (Å²) in [5.74, 6) is -1.16. The topological polar surface area (TPSA) is 101 Å². The van der Waals surface area contributed by atoms with Crippen LogP contribution in [0.15, 0.2) is 59.5 Å².